The van der Waals surface area contributed by atoms with Crippen molar-refractivity contribution in [2.45, 2.75) is 46.1 Å². The van der Waals surface area contributed by atoms with E-state index < -0.39 is 0 Å². The van der Waals surface area contributed by atoms with Gasteiger partial charge in [-0.25, -0.2) is 0 Å². The molecule has 28 heavy (non-hydrogen) atoms. The quantitative estimate of drug-likeness (QED) is 0.667. The number of amides is 2. The molecule has 1 atom stereocenters. The third-order valence-corrected chi connectivity index (χ3v) is 4.97. The number of carbonyl (C=O) groups excluding carboxylic acids is 3. The summed E-state index contributed by atoms with van der Waals surface area (Å²) in [6.45, 7) is 7.81. The van der Waals surface area contributed by atoms with Gasteiger partial charge in [-0.15, -0.1) is 0 Å². The molecule has 154 valence electrons. The van der Waals surface area contributed by atoms with Crippen LogP contribution in [0.4, 0.5) is 5.69 Å². The van der Waals surface area contributed by atoms with Crippen molar-refractivity contribution in [2.24, 2.45) is 5.92 Å². The number of benzene rings is 1. The van der Waals surface area contributed by atoms with E-state index in [9.17, 15) is 14.4 Å². The molecule has 2 N–H and O–H groups in total. The molecule has 2 rings (SSSR count). The SMILES string of the molecule is CCOC(=O)C1CCN(CC(=O)Nc2cccc(C(=O)NC(C)CC)c2)CC1. The van der Waals surface area contributed by atoms with E-state index in [1.165, 1.54) is 0 Å². The minimum Gasteiger partial charge on any atom is -0.466 e. The van der Waals surface area contributed by atoms with E-state index in [0.717, 1.165) is 6.42 Å². The number of anilines is 1. The molecule has 0 aliphatic carbocycles. The van der Waals surface area contributed by atoms with Gasteiger partial charge in [0.15, 0.2) is 0 Å². The van der Waals surface area contributed by atoms with Crippen molar-refractivity contribution in [1.29, 1.82) is 0 Å². The third kappa shape index (κ3) is 6.64. The molecule has 0 saturated carbocycles. The number of piperidine rings is 1. The molecule has 0 bridgehead atoms. The zero-order valence-corrected chi connectivity index (χ0v) is 17.0. The standard InChI is InChI=1S/C21H31N3O4/c1-4-15(3)22-20(26)17-7-6-8-18(13-17)23-19(25)14-24-11-9-16(10-12-24)21(27)28-5-2/h6-8,13,15-16H,4-5,9-12,14H2,1-3H3,(H,22,26)(H,23,25). The lowest BCUT2D eigenvalue weighted by molar-refractivity contribution is -0.149. The Labute approximate surface area is 166 Å². The molecule has 0 aromatic heterocycles. The molecule has 1 saturated heterocycles. The zero-order chi connectivity index (χ0) is 20.5. The number of nitrogens with zero attached hydrogens (tertiary/aromatic N) is 1. The fourth-order valence-electron chi connectivity index (χ4n) is 3.14. The van der Waals surface area contributed by atoms with E-state index in [4.69, 9.17) is 4.74 Å². The first-order valence-electron chi connectivity index (χ1n) is 10.0. The van der Waals surface area contributed by atoms with Gasteiger partial charge in [-0.1, -0.05) is 13.0 Å². The summed E-state index contributed by atoms with van der Waals surface area (Å²) in [6, 6.07) is 7.04. The maximum Gasteiger partial charge on any atom is 0.309 e. The number of carbonyl (C=O) groups is 3. The van der Waals surface area contributed by atoms with Gasteiger partial charge in [-0.05, 0) is 64.4 Å². The Balaban J connectivity index is 1.83. The summed E-state index contributed by atoms with van der Waals surface area (Å²) in [5.74, 6) is -0.486. The van der Waals surface area contributed by atoms with Gasteiger partial charge in [0.05, 0.1) is 19.1 Å². The van der Waals surface area contributed by atoms with Crippen molar-refractivity contribution >= 4 is 23.5 Å². The maximum absolute atomic E-state index is 12.4. The molecule has 7 nitrogen and oxygen atoms in total. The van der Waals surface area contributed by atoms with Crippen LogP contribution in [0.5, 0.6) is 0 Å². The lowest BCUT2D eigenvalue weighted by Crippen LogP contribution is -2.41. The van der Waals surface area contributed by atoms with Gasteiger partial charge < -0.3 is 15.4 Å². The van der Waals surface area contributed by atoms with Gasteiger partial charge in [0.1, 0.15) is 0 Å². The maximum atomic E-state index is 12.4. The van der Waals surface area contributed by atoms with Gasteiger partial charge >= 0.3 is 5.97 Å². The normalized spacial score (nSPS) is 16.2. The molecule has 0 spiro atoms. The highest BCUT2D eigenvalue weighted by molar-refractivity contribution is 5.97. The van der Waals surface area contributed by atoms with Crippen molar-refractivity contribution in [3.63, 3.8) is 0 Å². The van der Waals surface area contributed by atoms with E-state index in [0.29, 0.717) is 43.8 Å². The zero-order valence-electron chi connectivity index (χ0n) is 17.0. The molecule has 7 heteroatoms. The van der Waals surface area contributed by atoms with E-state index >= 15 is 0 Å². The first-order valence-corrected chi connectivity index (χ1v) is 10.0. The van der Waals surface area contributed by atoms with Crippen LogP contribution in [0.3, 0.4) is 0 Å². The van der Waals surface area contributed by atoms with Crippen LogP contribution in [-0.2, 0) is 14.3 Å². The monoisotopic (exact) mass is 389 g/mol. The van der Waals surface area contributed by atoms with E-state index in [2.05, 4.69) is 10.6 Å². The highest BCUT2D eigenvalue weighted by atomic mass is 16.5. The summed E-state index contributed by atoms with van der Waals surface area (Å²) < 4.78 is 5.07. The number of nitrogens with one attached hydrogen (secondary N) is 2. The molecule has 1 aromatic carbocycles. The predicted molar refractivity (Wildman–Crippen MR) is 108 cm³/mol. The van der Waals surface area contributed by atoms with E-state index in [-0.39, 0.29) is 36.3 Å². The number of likely N-dealkylation sites (tertiary alicyclic amines) is 1. The largest absolute Gasteiger partial charge is 0.466 e. The second-order valence-corrected chi connectivity index (χ2v) is 7.21. The van der Waals surface area contributed by atoms with Crippen molar-refractivity contribution in [1.82, 2.24) is 10.2 Å². The molecule has 1 fully saturated rings. The number of ether oxygens (including phenoxy) is 1. The predicted octanol–water partition coefficient (Wildman–Crippen LogP) is 2.43. The Hall–Kier alpha value is -2.41. The average Bonchev–Trinajstić information content (AvgIpc) is 2.68. The lowest BCUT2D eigenvalue weighted by atomic mass is 9.97. The molecular weight excluding hydrogens is 358 g/mol. The smallest absolute Gasteiger partial charge is 0.309 e. The van der Waals surface area contributed by atoms with E-state index in [1.807, 2.05) is 18.7 Å². The van der Waals surface area contributed by atoms with Crippen LogP contribution in [0.2, 0.25) is 0 Å². The minimum atomic E-state index is -0.147. The van der Waals surface area contributed by atoms with Crippen LogP contribution in [0, 0.1) is 5.92 Å². The summed E-state index contributed by atoms with van der Waals surface area (Å²) in [4.78, 5) is 38.4. The second-order valence-electron chi connectivity index (χ2n) is 7.21. The second kappa shape index (κ2) is 10.8. The van der Waals surface area contributed by atoms with Crippen LogP contribution in [0.25, 0.3) is 0 Å². The lowest BCUT2D eigenvalue weighted by Gasteiger charge is -2.30. The van der Waals surface area contributed by atoms with Crippen molar-refractivity contribution in [3.05, 3.63) is 29.8 Å². The average molecular weight is 389 g/mol. The van der Waals surface area contributed by atoms with Gasteiger partial charge in [0.25, 0.3) is 5.91 Å². The Morgan fingerprint density at radius 2 is 1.93 bits per heavy atom. The molecule has 1 aliphatic rings. The van der Waals surface area contributed by atoms with Gasteiger partial charge in [-0.3, -0.25) is 19.3 Å². The van der Waals surface area contributed by atoms with E-state index in [1.54, 1.807) is 31.2 Å². The Morgan fingerprint density at radius 3 is 2.57 bits per heavy atom. The Bertz CT molecular complexity index is 684. The van der Waals surface area contributed by atoms with Crippen LogP contribution < -0.4 is 10.6 Å². The Morgan fingerprint density at radius 1 is 1.21 bits per heavy atom. The summed E-state index contributed by atoms with van der Waals surface area (Å²) in [6.07, 6.45) is 2.27. The van der Waals surface area contributed by atoms with Crippen LogP contribution in [0.1, 0.15) is 50.4 Å². The van der Waals surface area contributed by atoms with Crippen LogP contribution >= 0.6 is 0 Å². The van der Waals surface area contributed by atoms with Gasteiger partial charge in [-0.2, -0.15) is 0 Å². The summed E-state index contributed by atoms with van der Waals surface area (Å²) in [7, 11) is 0. The highest BCUT2D eigenvalue weighted by Crippen LogP contribution is 2.19. The fraction of sp³-hybridized carbons (Fsp3) is 0.571. The highest BCUT2D eigenvalue weighted by Gasteiger charge is 2.26. The van der Waals surface area contributed by atoms with Crippen molar-refractivity contribution < 1.29 is 19.1 Å². The molecule has 0 radical (unpaired) electrons. The summed E-state index contributed by atoms with van der Waals surface area (Å²) in [5, 5.41) is 5.77. The van der Waals surface area contributed by atoms with Gasteiger partial charge in [0.2, 0.25) is 5.91 Å². The number of rotatable bonds is 8. The Kier molecular flexibility index (Phi) is 8.44. The molecule has 1 aliphatic heterocycles. The first kappa shape index (κ1) is 21.9. The van der Waals surface area contributed by atoms with Crippen LogP contribution in [-0.4, -0.2) is 55.0 Å². The number of esters is 1. The summed E-state index contributed by atoms with van der Waals surface area (Å²) in [5.41, 5.74) is 1.12. The summed E-state index contributed by atoms with van der Waals surface area (Å²) >= 11 is 0. The fourth-order valence-corrected chi connectivity index (χ4v) is 3.14. The molecular formula is C21H31N3O4. The molecule has 1 unspecified atom stereocenters. The minimum absolute atomic E-state index is 0.0695. The first-order chi connectivity index (χ1) is 13.4. The van der Waals surface area contributed by atoms with Gasteiger partial charge in [0, 0.05) is 17.3 Å². The topological polar surface area (TPSA) is 87.7 Å². The molecule has 1 aromatic rings. The molecule has 1 heterocycles. The third-order valence-electron chi connectivity index (χ3n) is 4.97. The number of hydrogen-bond acceptors (Lipinski definition) is 5. The van der Waals surface area contributed by atoms with Crippen molar-refractivity contribution in [3.8, 4) is 0 Å². The van der Waals surface area contributed by atoms with Crippen molar-refractivity contribution in [2.75, 3.05) is 31.6 Å². The number of hydrogen-bond donors (Lipinski definition) is 2. The molecule has 2 amide bonds. The van der Waals surface area contributed by atoms with Crippen LogP contribution in [0.15, 0.2) is 24.3 Å².